The average molecular weight is 243 g/mol. The van der Waals surface area contributed by atoms with Crippen molar-refractivity contribution in [3.05, 3.63) is 17.4 Å². The van der Waals surface area contributed by atoms with E-state index in [1.807, 2.05) is 0 Å². The third-order valence-electron chi connectivity index (χ3n) is 2.58. The van der Waals surface area contributed by atoms with Gasteiger partial charge in [0.05, 0.1) is 18.8 Å². The van der Waals surface area contributed by atoms with Gasteiger partial charge in [0.15, 0.2) is 23.1 Å². The van der Waals surface area contributed by atoms with Crippen LogP contribution in [0.25, 0.3) is 0 Å². The van der Waals surface area contributed by atoms with Crippen molar-refractivity contribution < 1.29 is 23.7 Å². The molecule has 0 radical (unpaired) electrons. The SMILES string of the molecule is COc1c(F)cc2c(c1C(O)CCN)OCO2. The summed E-state index contributed by atoms with van der Waals surface area (Å²) in [6.45, 7) is 0.279. The van der Waals surface area contributed by atoms with Gasteiger partial charge in [0.1, 0.15) is 0 Å². The lowest BCUT2D eigenvalue weighted by Gasteiger charge is -2.16. The second-order valence-electron chi connectivity index (χ2n) is 3.63. The van der Waals surface area contributed by atoms with E-state index < -0.39 is 11.9 Å². The molecule has 1 aliphatic rings. The molecule has 0 saturated carbocycles. The van der Waals surface area contributed by atoms with E-state index >= 15 is 0 Å². The molecule has 1 atom stereocenters. The van der Waals surface area contributed by atoms with E-state index in [1.165, 1.54) is 13.2 Å². The Hall–Kier alpha value is -1.53. The van der Waals surface area contributed by atoms with Crippen molar-refractivity contribution in [3.8, 4) is 17.2 Å². The van der Waals surface area contributed by atoms with Gasteiger partial charge < -0.3 is 25.1 Å². The van der Waals surface area contributed by atoms with Crippen LogP contribution in [0.1, 0.15) is 18.1 Å². The monoisotopic (exact) mass is 243 g/mol. The Bertz CT molecular complexity index is 421. The van der Waals surface area contributed by atoms with E-state index in [0.717, 1.165) is 0 Å². The van der Waals surface area contributed by atoms with Crippen molar-refractivity contribution in [1.82, 2.24) is 0 Å². The van der Waals surface area contributed by atoms with Gasteiger partial charge in [0.2, 0.25) is 6.79 Å². The minimum atomic E-state index is -0.943. The summed E-state index contributed by atoms with van der Waals surface area (Å²) in [5.41, 5.74) is 5.63. The number of hydrogen-bond donors (Lipinski definition) is 2. The number of hydrogen-bond acceptors (Lipinski definition) is 5. The van der Waals surface area contributed by atoms with Gasteiger partial charge in [-0.05, 0) is 13.0 Å². The molecule has 1 aliphatic heterocycles. The van der Waals surface area contributed by atoms with Gasteiger partial charge in [-0.25, -0.2) is 4.39 Å². The first kappa shape index (κ1) is 11.9. The molecule has 0 amide bonds. The topological polar surface area (TPSA) is 73.9 Å². The number of ether oxygens (including phenoxy) is 3. The van der Waals surface area contributed by atoms with Crippen molar-refractivity contribution in [1.29, 1.82) is 0 Å². The van der Waals surface area contributed by atoms with Gasteiger partial charge >= 0.3 is 0 Å². The Morgan fingerprint density at radius 2 is 2.35 bits per heavy atom. The lowest BCUT2D eigenvalue weighted by molar-refractivity contribution is 0.150. The maximum atomic E-state index is 13.7. The molecule has 0 bridgehead atoms. The summed E-state index contributed by atoms with van der Waals surface area (Å²) in [7, 11) is 1.33. The Balaban J connectivity index is 2.53. The van der Waals surface area contributed by atoms with E-state index in [2.05, 4.69) is 0 Å². The zero-order valence-electron chi connectivity index (χ0n) is 9.40. The molecule has 0 spiro atoms. The van der Waals surface area contributed by atoms with E-state index in [9.17, 15) is 9.50 Å². The molecule has 0 aromatic heterocycles. The van der Waals surface area contributed by atoms with Gasteiger partial charge in [-0.2, -0.15) is 0 Å². The number of halogens is 1. The van der Waals surface area contributed by atoms with E-state index in [-0.39, 0.29) is 36.8 Å². The number of rotatable bonds is 4. The molecule has 6 heteroatoms. The summed E-state index contributed by atoms with van der Waals surface area (Å²) in [6, 6.07) is 1.18. The summed E-state index contributed by atoms with van der Waals surface area (Å²) in [5.74, 6) is -0.0309. The molecule has 1 unspecified atom stereocenters. The van der Waals surface area contributed by atoms with Crippen molar-refractivity contribution >= 4 is 0 Å². The van der Waals surface area contributed by atoms with Crippen LogP contribution in [0, 0.1) is 5.82 Å². The zero-order chi connectivity index (χ0) is 12.4. The quantitative estimate of drug-likeness (QED) is 0.823. The van der Waals surface area contributed by atoms with Crippen LogP contribution >= 0.6 is 0 Å². The molecule has 2 rings (SSSR count). The van der Waals surface area contributed by atoms with Crippen molar-refractivity contribution in [3.63, 3.8) is 0 Å². The maximum Gasteiger partial charge on any atom is 0.231 e. The second kappa shape index (κ2) is 4.77. The summed E-state index contributed by atoms with van der Waals surface area (Å²) >= 11 is 0. The molecular weight excluding hydrogens is 229 g/mol. The predicted octanol–water partition coefficient (Wildman–Crippen LogP) is 0.945. The van der Waals surface area contributed by atoms with E-state index in [0.29, 0.717) is 5.75 Å². The molecular formula is C11H14FNO4. The molecule has 0 aliphatic carbocycles. The highest BCUT2D eigenvalue weighted by Crippen LogP contribution is 2.46. The number of aliphatic hydroxyl groups excluding tert-OH is 1. The molecule has 1 aromatic rings. The van der Waals surface area contributed by atoms with Crippen LogP contribution in [0.15, 0.2) is 6.07 Å². The van der Waals surface area contributed by atoms with Crippen molar-refractivity contribution in [2.24, 2.45) is 5.73 Å². The van der Waals surface area contributed by atoms with Crippen LogP contribution in [-0.2, 0) is 0 Å². The third kappa shape index (κ3) is 2.01. The number of fused-ring (bicyclic) bond motifs is 1. The van der Waals surface area contributed by atoms with Crippen molar-refractivity contribution in [2.45, 2.75) is 12.5 Å². The van der Waals surface area contributed by atoms with Gasteiger partial charge in [0, 0.05) is 6.07 Å². The minimum absolute atomic E-state index is 0.00425. The van der Waals surface area contributed by atoms with Gasteiger partial charge in [0.25, 0.3) is 0 Å². The molecule has 0 saturated heterocycles. The molecule has 1 aromatic carbocycles. The second-order valence-corrected chi connectivity index (χ2v) is 3.63. The molecule has 5 nitrogen and oxygen atoms in total. The number of methoxy groups -OCH3 is 1. The first-order valence-electron chi connectivity index (χ1n) is 5.23. The fraction of sp³-hybridized carbons (Fsp3) is 0.455. The fourth-order valence-electron chi connectivity index (χ4n) is 1.83. The Labute approximate surface area is 97.9 Å². The van der Waals surface area contributed by atoms with Gasteiger partial charge in [-0.3, -0.25) is 0 Å². The average Bonchev–Trinajstić information content (AvgIpc) is 2.74. The van der Waals surface area contributed by atoms with E-state index in [4.69, 9.17) is 19.9 Å². The first-order valence-corrected chi connectivity index (χ1v) is 5.23. The zero-order valence-corrected chi connectivity index (χ0v) is 9.40. The lowest BCUT2D eigenvalue weighted by atomic mass is 10.0. The van der Waals surface area contributed by atoms with E-state index in [1.54, 1.807) is 0 Å². The Kier molecular flexibility index (Phi) is 3.35. The maximum absolute atomic E-state index is 13.7. The number of benzene rings is 1. The third-order valence-corrected chi connectivity index (χ3v) is 2.58. The minimum Gasteiger partial charge on any atom is -0.493 e. The number of nitrogens with two attached hydrogens (primary N) is 1. The molecule has 17 heavy (non-hydrogen) atoms. The standard InChI is InChI=1S/C11H14FNO4/c1-15-10-6(12)4-8-11(17-5-16-8)9(10)7(14)2-3-13/h4,7,14H,2-3,5,13H2,1H3. The first-order chi connectivity index (χ1) is 8.19. The summed E-state index contributed by atoms with van der Waals surface area (Å²) < 4.78 is 29.0. The van der Waals surface area contributed by atoms with Crippen LogP contribution in [0.2, 0.25) is 0 Å². The molecule has 94 valence electrons. The van der Waals surface area contributed by atoms with Gasteiger partial charge in [-0.1, -0.05) is 0 Å². The summed E-state index contributed by atoms with van der Waals surface area (Å²) in [4.78, 5) is 0. The highest BCUT2D eigenvalue weighted by molar-refractivity contribution is 5.56. The van der Waals surface area contributed by atoms with Crippen LogP contribution in [0.4, 0.5) is 4.39 Å². The molecule has 0 fully saturated rings. The molecule has 1 heterocycles. The predicted molar refractivity (Wildman–Crippen MR) is 57.7 cm³/mol. The summed E-state index contributed by atoms with van der Waals surface area (Å²) in [6.07, 6.45) is -0.656. The Morgan fingerprint density at radius 3 is 3.00 bits per heavy atom. The smallest absolute Gasteiger partial charge is 0.231 e. The molecule has 3 N–H and O–H groups in total. The van der Waals surface area contributed by atoms with Crippen LogP contribution in [-0.4, -0.2) is 25.6 Å². The van der Waals surface area contributed by atoms with Crippen LogP contribution < -0.4 is 19.9 Å². The normalized spacial score (nSPS) is 14.8. The van der Waals surface area contributed by atoms with Gasteiger partial charge in [-0.15, -0.1) is 0 Å². The fourth-order valence-corrected chi connectivity index (χ4v) is 1.83. The highest BCUT2D eigenvalue weighted by Gasteiger charge is 2.29. The Morgan fingerprint density at radius 1 is 1.59 bits per heavy atom. The van der Waals surface area contributed by atoms with Crippen LogP contribution in [0.3, 0.4) is 0 Å². The largest absolute Gasteiger partial charge is 0.493 e. The lowest BCUT2D eigenvalue weighted by Crippen LogP contribution is -2.09. The van der Waals surface area contributed by atoms with Crippen LogP contribution in [0.5, 0.6) is 17.2 Å². The summed E-state index contributed by atoms with van der Waals surface area (Å²) in [5, 5.41) is 9.96. The number of aliphatic hydroxyl groups is 1. The van der Waals surface area contributed by atoms with Crippen molar-refractivity contribution in [2.75, 3.05) is 20.4 Å². The highest BCUT2D eigenvalue weighted by atomic mass is 19.1.